The van der Waals surface area contributed by atoms with Gasteiger partial charge in [0.2, 0.25) is 0 Å². The predicted molar refractivity (Wildman–Crippen MR) is 90.7 cm³/mol. The maximum atomic E-state index is 12.7. The van der Waals surface area contributed by atoms with Crippen LogP contribution >= 0.6 is 0 Å². The van der Waals surface area contributed by atoms with Crippen LogP contribution in [0.5, 0.6) is 0 Å². The Kier molecular flexibility index (Phi) is 4.43. The number of hydrogen-bond donors (Lipinski definition) is 2. The summed E-state index contributed by atoms with van der Waals surface area (Å²) in [6.45, 7) is 6.18. The van der Waals surface area contributed by atoms with E-state index >= 15 is 0 Å². The molecule has 23 heavy (non-hydrogen) atoms. The molecule has 0 aliphatic carbocycles. The Morgan fingerprint density at radius 2 is 2.04 bits per heavy atom. The number of pyridine rings is 1. The molecule has 2 fully saturated rings. The van der Waals surface area contributed by atoms with Crippen molar-refractivity contribution < 1.29 is 9.90 Å². The number of likely N-dealkylation sites (tertiary alicyclic amines) is 1. The van der Waals surface area contributed by atoms with E-state index in [0.717, 1.165) is 50.3 Å². The molecular formula is C17H26N4O2. The van der Waals surface area contributed by atoms with Gasteiger partial charge in [-0.05, 0) is 51.7 Å². The second-order valence-electron chi connectivity index (χ2n) is 7.00. The highest BCUT2D eigenvalue weighted by atomic mass is 16.3. The van der Waals surface area contributed by atoms with Gasteiger partial charge in [0.05, 0.1) is 17.3 Å². The average molecular weight is 318 g/mol. The SMILES string of the molecule is CC(C)(O)C1CCCN1C(=O)Nc1cccnc1N1CCCC1. The zero-order valence-corrected chi connectivity index (χ0v) is 14.0. The number of rotatable bonds is 3. The number of hydrogen-bond acceptors (Lipinski definition) is 4. The topological polar surface area (TPSA) is 68.7 Å². The summed E-state index contributed by atoms with van der Waals surface area (Å²) in [5.74, 6) is 0.845. The number of aromatic nitrogens is 1. The third kappa shape index (κ3) is 3.42. The van der Waals surface area contributed by atoms with E-state index in [1.165, 1.54) is 0 Å². The quantitative estimate of drug-likeness (QED) is 0.898. The molecule has 0 aromatic carbocycles. The minimum Gasteiger partial charge on any atom is -0.388 e. The largest absolute Gasteiger partial charge is 0.388 e. The molecule has 2 N–H and O–H groups in total. The molecular weight excluding hydrogens is 292 g/mol. The smallest absolute Gasteiger partial charge is 0.322 e. The summed E-state index contributed by atoms with van der Waals surface area (Å²) >= 11 is 0. The second kappa shape index (κ2) is 6.35. The van der Waals surface area contributed by atoms with E-state index in [2.05, 4.69) is 15.2 Å². The van der Waals surface area contributed by atoms with Crippen molar-refractivity contribution in [1.82, 2.24) is 9.88 Å². The number of anilines is 2. The molecule has 126 valence electrons. The Morgan fingerprint density at radius 1 is 1.30 bits per heavy atom. The highest BCUT2D eigenvalue weighted by molar-refractivity contribution is 5.92. The van der Waals surface area contributed by atoms with Gasteiger partial charge in [-0.25, -0.2) is 9.78 Å². The molecule has 0 spiro atoms. The van der Waals surface area contributed by atoms with Crippen LogP contribution in [0.3, 0.4) is 0 Å². The molecule has 3 heterocycles. The van der Waals surface area contributed by atoms with Gasteiger partial charge in [0.1, 0.15) is 0 Å². The van der Waals surface area contributed by atoms with Crippen molar-refractivity contribution >= 4 is 17.5 Å². The second-order valence-corrected chi connectivity index (χ2v) is 7.00. The van der Waals surface area contributed by atoms with E-state index in [4.69, 9.17) is 0 Å². The lowest BCUT2D eigenvalue weighted by Gasteiger charge is -2.34. The van der Waals surface area contributed by atoms with E-state index < -0.39 is 5.60 Å². The first-order chi connectivity index (χ1) is 11.0. The molecule has 0 radical (unpaired) electrons. The minimum absolute atomic E-state index is 0.144. The lowest BCUT2D eigenvalue weighted by molar-refractivity contribution is 0.0117. The summed E-state index contributed by atoms with van der Waals surface area (Å²) < 4.78 is 0. The van der Waals surface area contributed by atoms with Gasteiger partial charge in [0.25, 0.3) is 0 Å². The molecule has 2 saturated heterocycles. The maximum Gasteiger partial charge on any atom is 0.322 e. The normalized spacial score (nSPS) is 21.8. The zero-order chi connectivity index (χ0) is 16.4. The van der Waals surface area contributed by atoms with Crippen LogP contribution in [-0.2, 0) is 0 Å². The van der Waals surface area contributed by atoms with Crippen LogP contribution in [0.2, 0.25) is 0 Å². The van der Waals surface area contributed by atoms with Crippen molar-refractivity contribution in [1.29, 1.82) is 0 Å². The molecule has 0 saturated carbocycles. The van der Waals surface area contributed by atoms with Crippen LogP contribution in [0, 0.1) is 0 Å². The Balaban J connectivity index is 1.75. The number of aliphatic hydroxyl groups is 1. The maximum absolute atomic E-state index is 12.7. The van der Waals surface area contributed by atoms with Crippen LogP contribution in [0.25, 0.3) is 0 Å². The van der Waals surface area contributed by atoms with Crippen LogP contribution in [0.4, 0.5) is 16.3 Å². The molecule has 1 atom stereocenters. The zero-order valence-electron chi connectivity index (χ0n) is 14.0. The van der Waals surface area contributed by atoms with E-state index in [1.807, 2.05) is 12.1 Å². The standard InChI is InChI=1S/C17H26N4O2/c1-17(2,23)14-8-6-12-21(14)16(22)19-13-7-5-9-18-15(13)20-10-3-4-11-20/h5,7,9,14,23H,3-4,6,8,10-12H2,1-2H3,(H,19,22). The van der Waals surface area contributed by atoms with Crippen molar-refractivity contribution in [2.24, 2.45) is 0 Å². The fourth-order valence-corrected chi connectivity index (χ4v) is 3.61. The van der Waals surface area contributed by atoms with E-state index in [1.54, 1.807) is 24.9 Å². The van der Waals surface area contributed by atoms with Gasteiger partial charge in [-0.2, -0.15) is 0 Å². The predicted octanol–water partition coefficient (Wildman–Crippen LogP) is 2.45. The molecule has 1 aromatic rings. The van der Waals surface area contributed by atoms with Crippen LogP contribution < -0.4 is 10.2 Å². The van der Waals surface area contributed by atoms with E-state index in [0.29, 0.717) is 6.54 Å². The number of carbonyl (C=O) groups excluding carboxylic acids is 1. The Hall–Kier alpha value is -1.82. The van der Waals surface area contributed by atoms with Crippen molar-refractivity contribution in [2.45, 2.75) is 51.2 Å². The highest BCUT2D eigenvalue weighted by Crippen LogP contribution is 2.30. The minimum atomic E-state index is -0.888. The van der Waals surface area contributed by atoms with Gasteiger partial charge in [0, 0.05) is 25.8 Å². The summed E-state index contributed by atoms with van der Waals surface area (Å²) in [5, 5.41) is 13.3. The summed E-state index contributed by atoms with van der Waals surface area (Å²) in [5.41, 5.74) is -0.138. The van der Waals surface area contributed by atoms with Crippen LogP contribution in [0.15, 0.2) is 18.3 Å². The van der Waals surface area contributed by atoms with Crippen molar-refractivity contribution in [3.63, 3.8) is 0 Å². The summed E-state index contributed by atoms with van der Waals surface area (Å²) in [6, 6.07) is 3.44. The van der Waals surface area contributed by atoms with Gasteiger partial charge in [-0.3, -0.25) is 0 Å². The van der Waals surface area contributed by atoms with Crippen LogP contribution in [0.1, 0.15) is 39.5 Å². The van der Waals surface area contributed by atoms with Crippen LogP contribution in [-0.4, -0.2) is 52.3 Å². The third-order valence-electron chi connectivity index (χ3n) is 4.76. The molecule has 1 unspecified atom stereocenters. The van der Waals surface area contributed by atoms with Gasteiger partial charge < -0.3 is 20.2 Å². The van der Waals surface area contributed by atoms with Crippen molar-refractivity contribution in [3.8, 4) is 0 Å². The molecule has 2 aliphatic heterocycles. The van der Waals surface area contributed by atoms with Gasteiger partial charge >= 0.3 is 6.03 Å². The Bertz CT molecular complexity index is 564. The molecule has 0 bridgehead atoms. The molecule has 1 aromatic heterocycles. The first kappa shape index (κ1) is 16.1. The number of carbonyl (C=O) groups is 1. The number of nitrogens with zero attached hydrogens (tertiary/aromatic N) is 3. The van der Waals surface area contributed by atoms with Gasteiger partial charge in [-0.1, -0.05) is 0 Å². The Labute approximate surface area is 137 Å². The summed E-state index contributed by atoms with van der Waals surface area (Å²) in [6.07, 6.45) is 5.85. The van der Waals surface area contributed by atoms with Crippen molar-refractivity contribution in [2.75, 3.05) is 29.9 Å². The lowest BCUT2D eigenvalue weighted by atomic mass is 9.97. The summed E-state index contributed by atoms with van der Waals surface area (Å²) in [7, 11) is 0. The third-order valence-corrected chi connectivity index (χ3v) is 4.76. The Morgan fingerprint density at radius 3 is 2.74 bits per heavy atom. The summed E-state index contributed by atoms with van der Waals surface area (Å²) in [4.78, 5) is 21.1. The lowest BCUT2D eigenvalue weighted by Crippen LogP contribution is -2.49. The number of nitrogens with one attached hydrogen (secondary N) is 1. The fourth-order valence-electron chi connectivity index (χ4n) is 3.61. The van der Waals surface area contributed by atoms with Gasteiger partial charge in [-0.15, -0.1) is 0 Å². The molecule has 2 amide bonds. The van der Waals surface area contributed by atoms with E-state index in [-0.39, 0.29) is 12.1 Å². The van der Waals surface area contributed by atoms with Gasteiger partial charge in [0.15, 0.2) is 5.82 Å². The first-order valence-corrected chi connectivity index (χ1v) is 8.47. The molecule has 2 aliphatic rings. The molecule has 6 nitrogen and oxygen atoms in total. The van der Waals surface area contributed by atoms with Crippen molar-refractivity contribution in [3.05, 3.63) is 18.3 Å². The highest BCUT2D eigenvalue weighted by Gasteiger charge is 2.38. The fraction of sp³-hybridized carbons (Fsp3) is 0.647. The first-order valence-electron chi connectivity index (χ1n) is 8.47. The monoisotopic (exact) mass is 318 g/mol. The number of urea groups is 1. The molecule has 6 heteroatoms. The van der Waals surface area contributed by atoms with E-state index in [9.17, 15) is 9.90 Å². The molecule has 3 rings (SSSR count). The average Bonchev–Trinajstić information content (AvgIpc) is 3.19. The number of amides is 2.